The number of fused-ring (bicyclic) bond motifs is 1. The third-order valence-electron chi connectivity index (χ3n) is 5.09. The number of anilines is 1. The lowest BCUT2D eigenvalue weighted by atomic mass is 9.94. The molecule has 3 heterocycles. The van der Waals surface area contributed by atoms with Crippen LogP contribution in [0.3, 0.4) is 0 Å². The number of ether oxygens (including phenoxy) is 1. The van der Waals surface area contributed by atoms with E-state index in [1.807, 2.05) is 13.8 Å². The van der Waals surface area contributed by atoms with Crippen molar-refractivity contribution in [2.24, 2.45) is 0 Å². The van der Waals surface area contributed by atoms with Crippen molar-refractivity contribution < 1.29 is 13.9 Å². The number of hydrogen-bond donors (Lipinski definition) is 2. The topological polar surface area (TPSA) is 76.1 Å². The van der Waals surface area contributed by atoms with E-state index in [9.17, 15) is 14.0 Å². The smallest absolute Gasteiger partial charge is 0.270 e. The Balaban J connectivity index is 1.83. The molecule has 6 nitrogen and oxygen atoms in total. The van der Waals surface area contributed by atoms with E-state index < -0.39 is 5.25 Å². The number of aromatic nitrogens is 2. The van der Waals surface area contributed by atoms with Crippen molar-refractivity contribution >= 4 is 23.5 Å². The van der Waals surface area contributed by atoms with Crippen molar-refractivity contribution in [2.75, 3.05) is 17.7 Å². The molecule has 144 valence electrons. The molecule has 0 aliphatic carbocycles. The second-order valence-corrected chi connectivity index (χ2v) is 8.68. The van der Waals surface area contributed by atoms with Gasteiger partial charge in [-0.2, -0.15) is 0 Å². The minimum Gasteiger partial charge on any atom is -0.375 e. The Kier molecular flexibility index (Phi) is 4.63. The van der Waals surface area contributed by atoms with Crippen molar-refractivity contribution in [1.82, 2.24) is 9.78 Å². The van der Waals surface area contributed by atoms with Crippen LogP contribution in [0.2, 0.25) is 0 Å². The van der Waals surface area contributed by atoms with Crippen molar-refractivity contribution in [3.05, 3.63) is 51.6 Å². The maximum Gasteiger partial charge on any atom is 0.270 e. The molecule has 2 aromatic rings. The first-order chi connectivity index (χ1) is 12.9. The van der Waals surface area contributed by atoms with Crippen molar-refractivity contribution in [3.63, 3.8) is 0 Å². The number of halogens is 1. The van der Waals surface area contributed by atoms with Gasteiger partial charge in [-0.3, -0.25) is 19.4 Å². The van der Waals surface area contributed by atoms with Crippen LogP contribution in [0.4, 0.5) is 10.2 Å². The lowest BCUT2D eigenvalue weighted by Crippen LogP contribution is -2.36. The minimum atomic E-state index is -0.544. The number of nitrogens with zero attached hydrogens (tertiary/aromatic N) is 1. The molecule has 27 heavy (non-hydrogen) atoms. The second-order valence-electron chi connectivity index (χ2n) is 7.59. The summed E-state index contributed by atoms with van der Waals surface area (Å²) in [5.41, 5.74) is 0.207. The zero-order chi connectivity index (χ0) is 19.2. The first-order valence-corrected chi connectivity index (χ1v) is 10.0. The molecule has 1 saturated heterocycles. The van der Waals surface area contributed by atoms with E-state index in [0.717, 1.165) is 6.42 Å². The summed E-state index contributed by atoms with van der Waals surface area (Å²) in [7, 11) is 0. The van der Waals surface area contributed by atoms with Crippen molar-refractivity contribution in [1.29, 1.82) is 0 Å². The summed E-state index contributed by atoms with van der Waals surface area (Å²) in [4.78, 5) is 25.1. The van der Waals surface area contributed by atoms with Gasteiger partial charge in [-0.25, -0.2) is 4.39 Å². The summed E-state index contributed by atoms with van der Waals surface area (Å²) in [6, 6.07) is 6.40. The Morgan fingerprint density at radius 1 is 1.30 bits per heavy atom. The number of carbonyl (C=O) groups excluding carboxylic acids is 1. The van der Waals surface area contributed by atoms with Crippen LogP contribution in [-0.2, 0) is 9.53 Å². The Morgan fingerprint density at radius 2 is 2.07 bits per heavy atom. The third-order valence-corrected chi connectivity index (χ3v) is 6.34. The second kappa shape index (κ2) is 6.83. The fourth-order valence-electron chi connectivity index (χ4n) is 3.87. The molecule has 0 spiro atoms. The Labute approximate surface area is 160 Å². The molecule has 2 atom stereocenters. The highest BCUT2D eigenvalue weighted by molar-refractivity contribution is 8.00. The Hall–Kier alpha value is -2.06. The number of H-pyrrole nitrogens is 1. The van der Waals surface area contributed by atoms with E-state index in [-0.39, 0.29) is 34.7 Å². The van der Waals surface area contributed by atoms with Gasteiger partial charge in [0.1, 0.15) is 11.6 Å². The lowest BCUT2D eigenvalue weighted by Gasteiger charge is -2.36. The molecule has 1 amide bonds. The minimum absolute atomic E-state index is 0.00475. The first kappa shape index (κ1) is 18.3. The molecule has 0 bridgehead atoms. The molecule has 0 unspecified atom stereocenters. The van der Waals surface area contributed by atoms with Crippen LogP contribution in [0.1, 0.15) is 49.1 Å². The Bertz CT molecular complexity index is 937. The number of nitrogens with one attached hydrogen (secondary N) is 2. The number of aromatic amines is 1. The maximum absolute atomic E-state index is 14.4. The summed E-state index contributed by atoms with van der Waals surface area (Å²) in [5.74, 6) is 0.0339. The molecule has 0 saturated carbocycles. The molecule has 0 radical (unpaired) electrons. The number of benzene rings is 1. The molecule has 2 aliphatic heterocycles. The van der Waals surface area contributed by atoms with Crippen LogP contribution in [0.5, 0.6) is 0 Å². The monoisotopic (exact) mass is 391 g/mol. The average Bonchev–Trinajstić information content (AvgIpc) is 2.81. The van der Waals surface area contributed by atoms with Crippen LogP contribution in [0.25, 0.3) is 0 Å². The summed E-state index contributed by atoms with van der Waals surface area (Å²) >= 11 is 1.27. The zero-order valence-corrected chi connectivity index (χ0v) is 16.1. The summed E-state index contributed by atoms with van der Waals surface area (Å²) in [5, 5.41) is 5.21. The molecule has 1 fully saturated rings. The van der Waals surface area contributed by atoms with Gasteiger partial charge in [0.05, 0.1) is 28.2 Å². The normalized spacial score (nSPS) is 24.8. The van der Waals surface area contributed by atoms with Gasteiger partial charge in [0.15, 0.2) is 0 Å². The molecular formula is C19H22FN3O3S. The maximum atomic E-state index is 14.4. The molecule has 1 aromatic heterocycles. The highest BCUT2D eigenvalue weighted by Crippen LogP contribution is 2.42. The lowest BCUT2D eigenvalue weighted by molar-refractivity contribution is -0.113. The molecule has 8 heteroatoms. The van der Waals surface area contributed by atoms with E-state index in [0.29, 0.717) is 30.0 Å². The highest BCUT2D eigenvalue weighted by atomic mass is 32.2. The third kappa shape index (κ3) is 3.43. The van der Waals surface area contributed by atoms with Crippen molar-refractivity contribution in [2.45, 2.75) is 43.6 Å². The van der Waals surface area contributed by atoms with E-state index in [4.69, 9.17) is 4.74 Å². The number of rotatable bonds is 2. The predicted molar refractivity (Wildman–Crippen MR) is 103 cm³/mol. The largest absolute Gasteiger partial charge is 0.375 e. The molecule has 2 aliphatic rings. The van der Waals surface area contributed by atoms with E-state index in [1.165, 1.54) is 17.8 Å². The molecule has 2 N–H and O–H groups in total. The Morgan fingerprint density at radius 3 is 2.81 bits per heavy atom. The van der Waals surface area contributed by atoms with Gasteiger partial charge < -0.3 is 10.1 Å². The summed E-state index contributed by atoms with van der Waals surface area (Å²) in [6.45, 7) is 4.60. The average molecular weight is 391 g/mol. The number of amides is 1. The number of carbonyl (C=O) groups is 1. The van der Waals surface area contributed by atoms with E-state index in [2.05, 4.69) is 10.4 Å². The van der Waals surface area contributed by atoms with Crippen LogP contribution >= 0.6 is 11.8 Å². The quantitative estimate of drug-likeness (QED) is 0.824. The first-order valence-electron chi connectivity index (χ1n) is 9.00. The molecule has 4 rings (SSSR count). The van der Waals surface area contributed by atoms with Crippen LogP contribution in [-0.4, -0.2) is 33.6 Å². The van der Waals surface area contributed by atoms with E-state index in [1.54, 1.807) is 22.9 Å². The van der Waals surface area contributed by atoms with Crippen LogP contribution < -0.4 is 10.9 Å². The highest BCUT2D eigenvalue weighted by Gasteiger charge is 2.36. The van der Waals surface area contributed by atoms with Gasteiger partial charge >= 0.3 is 0 Å². The van der Waals surface area contributed by atoms with Gasteiger partial charge in [0.25, 0.3) is 5.56 Å². The molecule has 1 aromatic carbocycles. The summed E-state index contributed by atoms with van der Waals surface area (Å²) < 4.78 is 22.0. The standard InChI is InChI=1S/C19H22FN3O3S/c1-19(2)9-11(7-8-26-19)23-17-15(18(25)22-23)16(27-10-14(24)21-17)12-5-3-4-6-13(12)20/h3-6,11,16H,7-10H2,1-2H3,(H,21,24)(H,22,25)/t11-,16+/m1/s1. The van der Waals surface area contributed by atoms with Gasteiger partial charge in [0, 0.05) is 12.2 Å². The van der Waals surface area contributed by atoms with Gasteiger partial charge in [-0.1, -0.05) is 18.2 Å². The SMILES string of the molecule is CC1(C)C[C@H](n2[nH]c(=O)c3c2NC(=O)CS[C@H]3c2ccccc2F)CCO1. The number of hydrogen-bond acceptors (Lipinski definition) is 4. The predicted octanol–water partition coefficient (Wildman–Crippen LogP) is 3.22. The molecular weight excluding hydrogens is 369 g/mol. The number of thioether (sulfide) groups is 1. The van der Waals surface area contributed by atoms with E-state index >= 15 is 0 Å². The summed E-state index contributed by atoms with van der Waals surface area (Å²) in [6.07, 6.45) is 1.44. The van der Waals surface area contributed by atoms with Gasteiger partial charge in [-0.05, 0) is 32.8 Å². The fraction of sp³-hybridized carbons (Fsp3) is 0.474. The van der Waals surface area contributed by atoms with Gasteiger partial charge in [-0.15, -0.1) is 11.8 Å². The van der Waals surface area contributed by atoms with Crippen LogP contribution in [0.15, 0.2) is 29.1 Å². The fourth-order valence-corrected chi connectivity index (χ4v) is 5.02. The van der Waals surface area contributed by atoms with Gasteiger partial charge in [0.2, 0.25) is 5.91 Å². The zero-order valence-electron chi connectivity index (χ0n) is 15.3. The van der Waals surface area contributed by atoms with Crippen LogP contribution in [0, 0.1) is 5.82 Å². The van der Waals surface area contributed by atoms with Crippen molar-refractivity contribution in [3.8, 4) is 0 Å².